The van der Waals surface area contributed by atoms with Gasteiger partial charge in [0.2, 0.25) is 0 Å². The number of amides is 1. The number of carbonyl (C=O) groups excluding carboxylic acids is 1. The smallest absolute Gasteiger partial charge is 0.267 e. The van der Waals surface area contributed by atoms with Crippen molar-refractivity contribution in [1.29, 1.82) is 0 Å². The number of hydrogen-bond donors (Lipinski definition) is 0. The van der Waals surface area contributed by atoms with Crippen molar-refractivity contribution in [2.24, 2.45) is 0 Å². The van der Waals surface area contributed by atoms with Crippen molar-refractivity contribution < 1.29 is 4.79 Å². The Hall–Kier alpha value is -1.31. The summed E-state index contributed by atoms with van der Waals surface area (Å²) in [7, 11) is 0. The van der Waals surface area contributed by atoms with E-state index in [0.29, 0.717) is 6.54 Å². The summed E-state index contributed by atoms with van der Waals surface area (Å²) in [5, 5.41) is 3.83. The number of fused-ring (bicyclic) bond motifs is 1. The van der Waals surface area contributed by atoms with Crippen LogP contribution in [0.4, 0.5) is 0 Å². The lowest BCUT2D eigenvalue weighted by Crippen LogP contribution is -2.25. The van der Waals surface area contributed by atoms with Crippen molar-refractivity contribution in [3.8, 4) is 0 Å². The van der Waals surface area contributed by atoms with E-state index in [1.165, 1.54) is 0 Å². The highest BCUT2D eigenvalue weighted by Gasteiger charge is 2.15. The molecule has 2 rings (SSSR count). The molecule has 0 saturated heterocycles. The lowest BCUT2D eigenvalue weighted by atomic mass is 10.0. The van der Waals surface area contributed by atoms with Crippen LogP contribution in [0.3, 0.4) is 0 Å². The van der Waals surface area contributed by atoms with Crippen LogP contribution < -0.4 is 5.32 Å². The molecule has 0 atom stereocenters. The van der Waals surface area contributed by atoms with E-state index in [1.807, 2.05) is 24.3 Å². The van der Waals surface area contributed by atoms with Crippen molar-refractivity contribution in [2.45, 2.75) is 6.42 Å². The lowest BCUT2D eigenvalue weighted by Gasteiger charge is -2.12. The first kappa shape index (κ1) is 6.40. The summed E-state index contributed by atoms with van der Waals surface area (Å²) in [4.78, 5) is 11.1. The van der Waals surface area contributed by atoms with Crippen LogP contribution in [0.1, 0.15) is 15.9 Å². The first-order chi connectivity index (χ1) is 5.38. The molecule has 1 aliphatic rings. The van der Waals surface area contributed by atoms with Gasteiger partial charge in [0.05, 0.1) is 0 Å². The highest BCUT2D eigenvalue weighted by atomic mass is 16.1. The maximum Gasteiger partial charge on any atom is 0.272 e. The molecule has 0 aliphatic carbocycles. The number of benzene rings is 1. The Morgan fingerprint density at radius 3 is 2.91 bits per heavy atom. The van der Waals surface area contributed by atoms with Gasteiger partial charge in [-0.05, 0) is 18.1 Å². The summed E-state index contributed by atoms with van der Waals surface area (Å²) in [5.74, 6) is -0.0631. The third-order valence-corrected chi connectivity index (χ3v) is 1.88. The Labute approximate surface area is 65.2 Å². The fraction of sp³-hybridized carbons (Fsp3) is 0.222. The molecular weight excluding hydrogens is 138 g/mol. The average molecular weight is 146 g/mol. The third kappa shape index (κ3) is 1.00. The van der Waals surface area contributed by atoms with Crippen LogP contribution in [-0.4, -0.2) is 12.5 Å². The highest BCUT2D eigenvalue weighted by molar-refractivity contribution is 5.96. The molecule has 11 heavy (non-hydrogen) atoms. The zero-order valence-corrected chi connectivity index (χ0v) is 6.08. The summed E-state index contributed by atoms with van der Waals surface area (Å²) in [6, 6.07) is 7.65. The molecule has 1 heterocycles. The molecule has 0 fully saturated rings. The minimum atomic E-state index is -0.0631. The summed E-state index contributed by atoms with van der Waals surface area (Å²) < 4.78 is 0. The molecule has 1 radical (unpaired) electrons. The van der Waals surface area contributed by atoms with Crippen molar-refractivity contribution in [2.75, 3.05) is 6.54 Å². The van der Waals surface area contributed by atoms with Gasteiger partial charge in [-0.2, -0.15) is 0 Å². The molecule has 0 bridgehead atoms. The monoisotopic (exact) mass is 146 g/mol. The summed E-state index contributed by atoms with van der Waals surface area (Å²) in [5.41, 5.74) is 1.91. The standard InChI is InChI=1S/C9H8NO/c11-9-8-4-2-1-3-7(8)5-6-10-9/h1-4H,5-6H2. The lowest BCUT2D eigenvalue weighted by molar-refractivity contribution is 0.0941. The molecule has 1 aromatic carbocycles. The SMILES string of the molecule is O=C1[N]CCc2ccccc21. The summed E-state index contributed by atoms with van der Waals surface area (Å²) >= 11 is 0. The van der Waals surface area contributed by atoms with Gasteiger partial charge in [-0.15, -0.1) is 0 Å². The van der Waals surface area contributed by atoms with Crippen LogP contribution in [0.25, 0.3) is 0 Å². The molecule has 0 unspecified atom stereocenters. The Morgan fingerprint density at radius 2 is 2.09 bits per heavy atom. The van der Waals surface area contributed by atoms with Gasteiger partial charge in [0.25, 0.3) is 5.91 Å². The summed E-state index contributed by atoms with van der Waals surface area (Å²) in [6.07, 6.45) is 0.905. The second-order valence-electron chi connectivity index (χ2n) is 2.59. The summed E-state index contributed by atoms with van der Waals surface area (Å²) in [6.45, 7) is 0.649. The predicted molar refractivity (Wildman–Crippen MR) is 41.5 cm³/mol. The van der Waals surface area contributed by atoms with Gasteiger partial charge in [0, 0.05) is 12.1 Å². The average Bonchev–Trinajstić information content (AvgIpc) is 2.06. The molecule has 2 nitrogen and oxygen atoms in total. The molecule has 0 spiro atoms. The van der Waals surface area contributed by atoms with Crippen molar-refractivity contribution >= 4 is 5.91 Å². The number of carbonyl (C=O) groups is 1. The van der Waals surface area contributed by atoms with Crippen LogP contribution in [0, 0.1) is 0 Å². The largest absolute Gasteiger partial charge is 0.272 e. The molecular formula is C9H8NO. The third-order valence-electron chi connectivity index (χ3n) is 1.88. The van der Waals surface area contributed by atoms with E-state index in [0.717, 1.165) is 17.5 Å². The van der Waals surface area contributed by atoms with Gasteiger partial charge in [0.15, 0.2) is 0 Å². The van der Waals surface area contributed by atoms with Gasteiger partial charge in [-0.3, -0.25) is 4.79 Å². The Kier molecular flexibility index (Phi) is 1.39. The first-order valence-electron chi connectivity index (χ1n) is 3.67. The van der Waals surface area contributed by atoms with Crippen molar-refractivity contribution in [3.63, 3.8) is 0 Å². The van der Waals surface area contributed by atoms with Gasteiger partial charge < -0.3 is 0 Å². The van der Waals surface area contributed by atoms with E-state index in [4.69, 9.17) is 0 Å². The van der Waals surface area contributed by atoms with Crippen molar-refractivity contribution in [3.05, 3.63) is 35.4 Å². The van der Waals surface area contributed by atoms with Crippen molar-refractivity contribution in [1.82, 2.24) is 5.32 Å². The van der Waals surface area contributed by atoms with E-state index in [-0.39, 0.29) is 5.91 Å². The van der Waals surface area contributed by atoms with Crippen LogP contribution in [-0.2, 0) is 6.42 Å². The maximum absolute atomic E-state index is 11.1. The second kappa shape index (κ2) is 2.38. The number of hydrogen-bond acceptors (Lipinski definition) is 1. The van der Waals surface area contributed by atoms with Gasteiger partial charge in [-0.1, -0.05) is 18.2 Å². The molecule has 2 heteroatoms. The molecule has 1 aromatic rings. The van der Waals surface area contributed by atoms with Crippen LogP contribution in [0.5, 0.6) is 0 Å². The van der Waals surface area contributed by atoms with Crippen LogP contribution in [0.15, 0.2) is 24.3 Å². The Balaban J connectivity index is 2.52. The normalized spacial score (nSPS) is 15.5. The molecule has 55 valence electrons. The maximum atomic E-state index is 11.1. The Bertz CT molecular complexity index is 293. The highest BCUT2D eigenvalue weighted by Crippen LogP contribution is 2.12. The predicted octanol–water partition coefficient (Wildman–Crippen LogP) is 0.987. The minimum absolute atomic E-state index is 0.0631. The van der Waals surface area contributed by atoms with E-state index in [9.17, 15) is 4.79 Å². The molecule has 1 aliphatic heterocycles. The molecule has 0 saturated carbocycles. The Morgan fingerprint density at radius 1 is 1.27 bits per heavy atom. The van der Waals surface area contributed by atoms with E-state index < -0.39 is 0 Å². The molecule has 1 amide bonds. The quantitative estimate of drug-likeness (QED) is 0.537. The topological polar surface area (TPSA) is 31.2 Å². The van der Waals surface area contributed by atoms with Gasteiger partial charge in [-0.25, -0.2) is 5.32 Å². The number of rotatable bonds is 0. The fourth-order valence-corrected chi connectivity index (χ4v) is 1.31. The van der Waals surface area contributed by atoms with Crippen LogP contribution >= 0.6 is 0 Å². The van der Waals surface area contributed by atoms with E-state index >= 15 is 0 Å². The molecule has 0 N–H and O–H groups in total. The first-order valence-corrected chi connectivity index (χ1v) is 3.67. The molecule has 0 aromatic heterocycles. The van der Waals surface area contributed by atoms with Gasteiger partial charge in [0.1, 0.15) is 0 Å². The fourth-order valence-electron chi connectivity index (χ4n) is 1.31. The zero-order valence-electron chi connectivity index (χ0n) is 6.08. The van der Waals surface area contributed by atoms with E-state index in [2.05, 4.69) is 5.32 Å². The van der Waals surface area contributed by atoms with E-state index in [1.54, 1.807) is 0 Å². The minimum Gasteiger partial charge on any atom is -0.267 e. The number of nitrogens with zero attached hydrogens (tertiary/aromatic N) is 1. The van der Waals surface area contributed by atoms with Gasteiger partial charge >= 0.3 is 0 Å². The second-order valence-corrected chi connectivity index (χ2v) is 2.59. The van der Waals surface area contributed by atoms with Crippen LogP contribution in [0.2, 0.25) is 0 Å². The zero-order chi connectivity index (χ0) is 7.68.